The van der Waals surface area contributed by atoms with E-state index in [-0.39, 0.29) is 18.7 Å². The topological polar surface area (TPSA) is 88.1 Å². The molecular formula is C23H34N2O5. The second-order valence-corrected chi connectivity index (χ2v) is 8.72. The van der Waals surface area contributed by atoms with Crippen LogP contribution in [0.2, 0.25) is 0 Å². The lowest BCUT2D eigenvalue weighted by molar-refractivity contribution is -0.120. The van der Waals surface area contributed by atoms with Gasteiger partial charge in [0.2, 0.25) is 6.41 Å². The van der Waals surface area contributed by atoms with Crippen molar-refractivity contribution in [3.8, 4) is 0 Å². The Labute approximate surface area is 179 Å². The van der Waals surface area contributed by atoms with Crippen LogP contribution in [-0.4, -0.2) is 60.0 Å². The van der Waals surface area contributed by atoms with Gasteiger partial charge < -0.3 is 24.8 Å². The number of aliphatic hydroxyl groups is 1. The minimum absolute atomic E-state index is 0.0625. The van der Waals surface area contributed by atoms with Gasteiger partial charge in [-0.2, -0.15) is 0 Å². The molecule has 30 heavy (non-hydrogen) atoms. The maximum absolute atomic E-state index is 11.4. The van der Waals surface area contributed by atoms with Crippen LogP contribution in [0.3, 0.4) is 0 Å². The van der Waals surface area contributed by atoms with Crippen molar-refractivity contribution in [3.63, 3.8) is 0 Å². The van der Waals surface area contributed by atoms with Crippen molar-refractivity contribution < 1.29 is 24.2 Å². The Morgan fingerprint density at radius 3 is 2.67 bits per heavy atom. The van der Waals surface area contributed by atoms with Crippen LogP contribution in [-0.2, 0) is 20.7 Å². The number of nitrogens with zero attached hydrogens (tertiary/aromatic N) is 1. The highest BCUT2D eigenvalue weighted by Gasteiger charge is 2.27. The zero-order valence-corrected chi connectivity index (χ0v) is 18.4. The van der Waals surface area contributed by atoms with E-state index >= 15 is 0 Å². The first-order chi connectivity index (χ1) is 14.1. The van der Waals surface area contributed by atoms with E-state index < -0.39 is 17.8 Å². The minimum Gasteiger partial charge on any atom is -0.444 e. The lowest BCUT2D eigenvalue weighted by Gasteiger charge is -2.35. The summed E-state index contributed by atoms with van der Waals surface area (Å²) in [6.07, 6.45) is 1.34. The fourth-order valence-corrected chi connectivity index (χ4v) is 3.60. The number of fused-ring (bicyclic) bond motifs is 1. The van der Waals surface area contributed by atoms with E-state index in [0.717, 1.165) is 24.9 Å². The third-order valence-corrected chi connectivity index (χ3v) is 4.95. The summed E-state index contributed by atoms with van der Waals surface area (Å²) in [4.78, 5) is 24.2. The Morgan fingerprint density at radius 1 is 1.37 bits per heavy atom. The number of aliphatic hydroxyl groups excluding tert-OH is 1. The van der Waals surface area contributed by atoms with Crippen molar-refractivity contribution in [2.45, 2.75) is 64.3 Å². The van der Waals surface area contributed by atoms with Gasteiger partial charge in [-0.05, 0) is 51.7 Å². The molecule has 1 unspecified atom stereocenters. The van der Waals surface area contributed by atoms with Gasteiger partial charge in [-0.1, -0.05) is 36.4 Å². The van der Waals surface area contributed by atoms with Crippen molar-refractivity contribution in [3.05, 3.63) is 47.5 Å². The first-order valence-corrected chi connectivity index (χ1v) is 10.3. The molecule has 2 heterocycles. The molecule has 2 aliphatic heterocycles. The molecule has 3 rings (SSSR count). The lowest BCUT2D eigenvalue weighted by atomic mass is 9.89. The van der Waals surface area contributed by atoms with E-state index in [1.165, 1.54) is 11.1 Å². The van der Waals surface area contributed by atoms with Gasteiger partial charge in [0.15, 0.2) is 0 Å². The summed E-state index contributed by atoms with van der Waals surface area (Å²) in [6.45, 7) is 13.0. The Bertz CT molecular complexity index is 743. The molecule has 2 amide bonds. The van der Waals surface area contributed by atoms with Gasteiger partial charge in [0, 0.05) is 13.2 Å². The van der Waals surface area contributed by atoms with Crippen LogP contribution in [0.4, 0.5) is 4.79 Å². The smallest absolute Gasteiger partial charge is 0.407 e. The third-order valence-electron chi connectivity index (χ3n) is 4.95. The van der Waals surface area contributed by atoms with E-state index in [2.05, 4.69) is 24.0 Å². The number of amides is 2. The second-order valence-electron chi connectivity index (χ2n) is 8.72. The molecule has 0 saturated carbocycles. The third kappa shape index (κ3) is 6.85. The molecule has 1 aromatic rings. The number of hydrogen-bond donors (Lipinski definition) is 2. The Kier molecular flexibility index (Phi) is 8.43. The van der Waals surface area contributed by atoms with E-state index in [1.807, 2.05) is 24.0 Å². The molecule has 0 radical (unpaired) electrons. The molecule has 0 spiro atoms. The second kappa shape index (κ2) is 10.6. The van der Waals surface area contributed by atoms with Crippen molar-refractivity contribution >= 4 is 12.5 Å². The molecule has 2 aliphatic rings. The quantitative estimate of drug-likeness (QED) is 0.582. The number of hydrogen-bond acceptors (Lipinski definition) is 5. The fourth-order valence-electron chi connectivity index (χ4n) is 3.60. The van der Waals surface area contributed by atoms with Gasteiger partial charge in [-0.15, -0.1) is 0 Å². The number of alkyl carbamates (subject to hydrolysis) is 1. The summed E-state index contributed by atoms with van der Waals surface area (Å²) in [6, 6.07) is 8.08. The Morgan fingerprint density at radius 2 is 2.07 bits per heavy atom. The van der Waals surface area contributed by atoms with E-state index in [4.69, 9.17) is 9.47 Å². The molecule has 2 N–H and O–H groups in total. The number of carbonyl (C=O) groups is 2. The highest BCUT2D eigenvalue weighted by atomic mass is 16.6. The predicted molar refractivity (Wildman–Crippen MR) is 115 cm³/mol. The average molecular weight is 419 g/mol. The van der Waals surface area contributed by atoms with Crippen LogP contribution < -0.4 is 5.32 Å². The molecule has 0 aliphatic carbocycles. The van der Waals surface area contributed by atoms with Gasteiger partial charge >= 0.3 is 6.09 Å². The number of carbonyl (C=O) groups excluding carboxylic acids is 2. The highest BCUT2D eigenvalue weighted by Crippen LogP contribution is 2.32. The molecule has 3 atom stereocenters. The van der Waals surface area contributed by atoms with Crippen molar-refractivity contribution in [1.29, 1.82) is 0 Å². The zero-order chi connectivity index (χ0) is 22.3. The van der Waals surface area contributed by atoms with E-state index in [0.29, 0.717) is 13.0 Å². The maximum Gasteiger partial charge on any atom is 0.407 e. The lowest BCUT2D eigenvalue weighted by Crippen LogP contribution is -2.49. The molecule has 166 valence electrons. The predicted octanol–water partition coefficient (Wildman–Crippen LogP) is 2.98. The fraction of sp³-hybridized carbons (Fsp3) is 0.565. The summed E-state index contributed by atoms with van der Waals surface area (Å²) in [5, 5.41) is 12.2. The van der Waals surface area contributed by atoms with Crippen LogP contribution in [0.15, 0.2) is 36.4 Å². The van der Waals surface area contributed by atoms with Gasteiger partial charge in [0.25, 0.3) is 0 Å². The number of rotatable bonds is 3. The molecule has 1 fully saturated rings. The normalized spacial score (nSPS) is 23.4. The van der Waals surface area contributed by atoms with E-state index in [9.17, 15) is 14.7 Å². The van der Waals surface area contributed by atoms with Crippen LogP contribution >= 0.6 is 0 Å². The van der Waals surface area contributed by atoms with Crippen LogP contribution in [0.1, 0.15) is 51.3 Å². The Hall–Kier alpha value is -2.38. The van der Waals surface area contributed by atoms with Crippen LogP contribution in [0, 0.1) is 0 Å². The number of nitrogens with one attached hydrogen (secondary N) is 1. The first-order valence-electron chi connectivity index (χ1n) is 10.3. The van der Waals surface area contributed by atoms with Crippen LogP contribution in [0.25, 0.3) is 0 Å². The van der Waals surface area contributed by atoms with Crippen molar-refractivity contribution in [1.82, 2.24) is 10.2 Å². The molecule has 0 bridgehead atoms. The number of benzene rings is 1. The SMILES string of the molecule is C=C(C)[C@H]1c2ccccc2CCN1C=O.CC(C)(C)OC(=O)N[C@@H]1CCOCC1O. The van der Waals surface area contributed by atoms with Crippen LogP contribution in [0.5, 0.6) is 0 Å². The van der Waals surface area contributed by atoms with Crippen molar-refractivity contribution in [2.24, 2.45) is 0 Å². The largest absolute Gasteiger partial charge is 0.444 e. The Balaban J connectivity index is 0.000000214. The molecule has 1 aromatic carbocycles. The summed E-state index contributed by atoms with van der Waals surface area (Å²) < 4.78 is 10.1. The minimum atomic E-state index is -0.647. The average Bonchev–Trinajstić information content (AvgIpc) is 2.67. The molecule has 7 heteroatoms. The standard InChI is InChI=1S/C13H15NO.C10H19NO4/c1-10(2)13-12-6-4-3-5-11(12)7-8-14(13)9-15;1-10(2,3)15-9(13)11-7-4-5-14-6-8(7)12/h3-6,9,13H,1,7-8H2,2H3;7-8,12H,4-6H2,1-3H3,(H,11,13)/t13-;7-,8?/m01/s1. The first kappa shape index (κ1) is 23.9. The molecular weight excluding hydrogens is 384 g/mol. The van der Waals surface area contributed by atoms with Gasteiger partial charge in [0.05, 0.1) is 24.8 Å². The summed E-state index contributed by atoms with van der Waals surface area (Å²) in [5.41, 5.74) is 3.07. The summed E-state index contributed by atoms with van der Waals surface area (Å²) >= 11 is 0. The van der Waals surface area contributed by atoms with Crippen molar-refractivity contribution in [2.75, 3.05) is 19.8 Å². The van der Waals surface area contributed by atoms with E-state index in [1.54, 1.807) is 20.8 Å². The molecule has 1 saturated heterocycles. The summed E-state index contributed by atoms with van der Waals surface area (Å²) in [5.74, 6) is 0. The van der Waals surface area contributed by atoms with Gasteiger partial charge in [-0.3, -0.25) is 4.79 Å². The zero-order valence-electron chi connectivity index (χ0n) is 18.4. The number of ether oxygens (including phenoxy) is 2. The maximum atomic E-state index is 11.4. The van der Waals surface area contributed by atoms with Gasteiger partial charge in [0.1, 0.15) is 5.60 Å². The molecule has 7 nitrogen and oxygen atoms in total. The highest BCUT2D eigenvalue weighted by molar-refractivity contribution is 5.68. The van der Waals surface area contributed by atoms with Gasteiger partial charge in [-0.25, -0.2) is 4.79 Å². The summed E-state index contributed by atoms with van der Waals surface area (Å²) in [7, 11) is 0. The monoisotopic (exact) mass is 418 g/mol. The molecule has 0 aromatic heterocycles.